The Morgan fingerprint density at radius 1 is 1.19 bits per heavy atom. The first-order valence-electron chi connectivity index (χ1n) is 10.0. The highest BCUT2D eigenvalue weighted by Crippen LogP contribution is 2.30. The van der Waals surface area contributed by atoms with Gasteiger partial charge in [0.15, 0.2) is 4.80 Å². The fourth-order valence-corrected chi connectivity index (χ4v) is 4.65. The second-order valence-corrected chi connectivity index (χ2v) is 8.14. The summed E-state index contributed by atoms with van der Waals surface area (Å²) in [5.41, 5.74) is 1.88. The van der Waals surface area contributed by atoms with Crippen molar-refractivity contribution in [2.75, 3.05) is 13.7 Å². The molecule has 0 fully saturated rings. The van der Waals surface area contributed by atoms with E-state index < -0.39 is 17.8 Å². The number of fused-ring (bicyclic) bond motifs is 1. The molecule has 0 spiro atoms. The molecule has 6 nitrogen and oxygen atoms in total. The Hall–Kier alpha value is -3.52. The van der Waals surface area contributed by atoms with Gasteiger partial charge >= 0.3 is 5.97 Å². The van der Waals surface area contributed by atoms with Gasteiger partial charge < -0.3 is 9.47 Å². The number of allylic oxidation sites excluding steroid dienone is 1. The maximum Gasteiger partial charge on any atom is 0.338 e. The highest BCUT2D eigenvalue weighted by molar-refractivity contribution is 7.07. The van der Waals surface area contributed by atoms with Crippen LogP contribution in [0.3, 0.4) is 0 Å². The van der Waals surface area contributed by atoms with Gasteiger partial charge in [0.05, 0.1) is 35.6 Å². The zero-order valence-electron chi connectivity index (χ0n) is 17.8. The fraction of sp³-hybridized carbons (Fsp3) is 0.208. The summed E-state index contributed by atoms with van der Waals surface area (Å²) in [4.78, 5) is 31.2. The van der Waals surface area contributed by atoms with E-state index in [9.17, 15) is 14.0 Å². The van der Waals surface area contributed by atoms with Crippen LogP contribution in [0.15, 0.2) is 69.6 Å². The van der Waals surface area contributed by atoms with E-state index in [1.165, 1.54) is 28.0 Å². The van der Waals surface area contributed by atoms with Crippen LogP contribution in [0.1, 0.15) is 31.0 Å². The maximum atomic E-state index is 13.6. The Balaban J connectivity index is 1.92. The van der Waals surface area contributed by atoms with Crippen LogP contribution in [0.25, 0.3) is 6.08 Å². The molecule has 8 heteroatoms. The van der Waals surface area contributed by atoms with Crippen LogP contribution in [0.2, 0.25) is 0 Å². The van der Waals surface area contributed by atoms with Gasteiger partial charge in [-0.2, -0.15) is 0 Å². The molecular weight excluding hydrogens is 431 g/mol. The second-order valence-electron chi connectivity index (χ2n) is 7.13. The minimum atomic E-state index is -0.760. The molecule has 0 amide bonds. The molecule has 0 bridgehead atoms. The lowest BCUT2D eigenvalue weighted by atomic mass is 9.96. The van der Waals surface area contributed by atoms with Gasteiger partial charge in [-0.15, -0.1) is 0 Å². The van der Waals surface area contributed by atoms with Gasteiger partial charge in [-0.3, -0.25) is 9.36 Å². The summed E-state index contributed by atoms with van der Waals surface area (Å²) in [6.45, 7) is 3.61. The Labute approximate surface area is 187 Å². The minimum Gasteiger partial charge on any atom is -0.497 e. The highest BCUT2D eigenvalue weighted by atomic mass is 32.1. The van der Waals surface area contributed by atoms with Crippen molar-refractivity contribution in [3.05, 3.63) is 96.4 Å². The minimum absolute atomic E-state index is 0.188. The van der Waals surface area contributed by atoms with Crippen LogP contribution in [0.5, 0.6) is 5.75 Å². The van der Waals surface area contributed by atoms with Gasteiger partial charge in [0.25, 0.3) is 5.56 Å². The lowest BCUT2D eigenvalue weighted by molar-refractivity contribution is -0.139. The molecule has 1 aliphatic heterocycles. The monoisotopic (exact) mass is 452 g/mol. The summed E-state index contributed by atoms with van der Waals surface area (Å²) >= 11 is 1.24. The van der Waals surface area contributed by atoms with E-state index in [0.717, 1.165) is 11.3 Å². The van der Waals surface area contributed by atoms with Crippen LogP contribution in [0, 0.1) is 5.82 Å². The van der Waals surface area contributed by atoms with Crippen LogP contribution in [-0.4, -0.2) is 24.3 Å². The molecule has 4 rings (SSSR count). The highest BCUT2D eigenvalue weighted by Gasteiger charge is 2.33. The molecule has 0 saturated carbocycles. The molecule has 0 unspecified atom stereocenters. The first kappa shape index (κ1) is 21.7. The Morgan fingerprint density at radius 3 is 2.50 bits per heavy atom. The van der Waals surface area contributed by atoms with Gasteiger partial charge in [0.1, 0.15) is 11.6 Å². The predicted octanol–water partition coefficient (Wildman–Crippen LogP) is 2.95. The van der Waals surface area contributed by atoms with Crippen LogP contribution >= 0.6 is 11.3 Å². The number of benzene rings is 2. The maximum absolute atomic E-state index is 13.6. The van der Waals surface area contributed by atoms with Crippen molar-refractivity contribution in [1.29, 1.82) is 0 Å². The molecule has 2 aromatic carbocycles. The van der Waals surface area contributed by atoms with Crippen LogP contribution in [0.4, 0.5) is 4.39 Å². The lowest BCUT2D eigenvalue weighted by Crippen LogP contribution is -2.39. The summed E-state index contributed by atoms with van der Waals surface area (Å²) in [6.07, 6.45) is 1.77. The molecule has 1 aliphatic rings. The van der Waals surface area contributed by atoms with Crippen molar-refractivity contribution >= 4 is 23.4 Å². The molecule has 1 aromatic heterocycles. The van der Waals surface area contributed by atoms with Gasteiger partial charge in [0, 0.05) is 0 Å². The van der Waals surface area contributed by atoms with E-state index in [0.29, 0.717) is 20.6 Å². The Bertz CT molecular complexity index is 1370. The molecule has 0 N–H and O–H groups in total. The summed E-state index contributed by atoms with van der Waals surface area (Å²) < 4.78 is 26.0. The average Bonchev–Trinajstić information content (AvgIpc) is 3.08. The van der Waals surface area contributed by atoms with Crippen molar-refractivity contribution < 1.29 is 18.7 Å². The molecule has 32 heavy (non-hydrogen) atoms. The van der Waals surface area contributed by atoms with Gasteiger partial charge in [-0.1, -0.05) is 35.6 Å². The number of carbonyl (C=O) groups excluding carboxylic acids is 1. The number of thiazole rings is 1. The smallest absolute Gasteiger partial charge is 0.338 e. The number of methoxy groups -OCH3 is 1. The molecule has 0 saturated heterocycles. The number of esters is 1. The van der Waals surface area contributed by atoms with Crippen molar-refractivity contribution in [2.24, 2.45) is 4.99 Å². The first-order valence-corrected chi connectivity index (χ1v) is 10.8. The number of carbonyl (C=O) groups is 1. The molecular formula is C24H21FN2O4S. The molecule has 2 heterocycles. The number of hydrogen-bond acceptors (Lipinski definition) is 6. The van der Waals surface area contributed by atoms with Crippen molar-refractivity contribution in [1.82, 2.24) is 4.57 Å². The molecule has 164 valence electrons. The molecule has 1 atom stereocenters. The zero-order chi connectivity index (χ0) is 22.8. The van der Waals surface area contributed by atoms with E-state index >= 15 is 0 Å². The van der Waals surface area contributed by atoms with Gasteiger partial charge in [0.2, 0.25) is 0 Å². The standard InChI is InChI=1S/C24H21FN2O4S/c1-4-31-23(29)20-14(2)26-24-27(21(20)16-7-9-17(25)10-8-16)22(28)19(32-24)13-15-5-11-18(30-3)12-6-15/h5-13,21H,4H2,1-3H3/b19-13-/t21-/m0/s1. The summed E-state index contributed by atoms with van der Waals surface area (Å²) in [5.74, 6) is -0.235. The number of halogens is 1. The topological polar surface area (TPSA) is 69.9 Å². The molecule has 3 aromatic rings. The number of ether oxygens (including phenoxy) is 2. The SMILES string of the molecule is CCOC(=O)C1=C(C)N=c2s/c(=C\c3ccc(OC)cc3)c(=O)n2[C@H]1c1ccc(F)cc1. The molecule has 0 aliphatic carbocycles. The van der Waals surface area contributed by atoms with Crippen LogP contribution in [-0.2, 0) is 9.53 Å². The largest absolute Gasteiger partial charge is 0.497 e. The third-order valence-electron chi connectivity index (χ3n) is 5.12. The van der Waals surface area contributed by atoms with E-state index in [1.54, 1.807) is 39.2 Å². The van der Waals surface area contributed by atoms with Crippen molar-refractivity contribution in [3.63, 3.8) is 0 Å². The number of nitrogens with zero attached hydrogens (tertiary/aromatic N) is 2. The summed E-state index contributed by atoms with van der Waals surface area (Å²) in [7, 11) is 1.59. The number of rotatable bonds is 5. The average molecular weight is 453 g/mol. The van der Waals surface area contributed by atoms with Gasteiger partial charge in [-0.05, 0) is 55.3 Å². The quantitative estimate of drug-likeness (QED) is 0.558. The zero-order valence-corrected chi connectivity index (χ0v) is 18.6. The third kappa shape index (κ3) is 4.01. The van der Waals surface area contributed by atoms with E-state index in [1.807, 2.05) is 24.3 Å². The van der Waals surface area contributed by atoms with E-state index in [4.69, 9.17) is 9.47 Å². The van der Waals surface area contributed by atoms with E-state index in [2.05, 4.69) is 4.99 Å². The third-order valence-corrected chi connectivity index (χ3v) is 6.10. The van der Waals surface area contributed by atoms with Crippen LogP contribution < -0.4 is 19.6 Å². The summed E-state index contributed by atoms with van der Waals surface area (Å²) in [6, 6.07) is 12.3. The van der Waals surface area contributed by atoms with Crippen molar-refractivity contribution in [3.8, 4) is 5.75 Å². The normalized spacial score (nSPS) is 15.9. The Morgan fingerprint density at radius 2 is 1.88 bits per heavy atom. The van der Waals surface area contributed by atoms with Gasteiger partial charge in [-0.25, -0.2) is 14.2 Å². The number of aromatic nitrogens is 1. The van der Waals surface area contributed by atoms with E-state index in [-0.39, 0.29) is 17.7 Å². The second kappa shape index (κ2) is 8.92. The molecule has 0 radical (unpaired) electrons. The summed E-state index contributed by atoms with van der Waals surface area (Å²) in [5, 5.41) is 0. The number of hydrogen-bond donors (Lipinski definition) is 0. The Kier molecular flexibility index (Phi) is 6.05. The lowest BCUT2D eigenvalue weighted by Gasteiger charge is -2.24. The fourth-order valence-electron chi connectivity index (χ4n) is 3.60. The van der Waals surface area contributed by atoms with Crippen molar-refractivity contribution in [2.45, 2.75) is 19.9 Å². The first-order chi connectivity index (χ1) is 15.4. The predicted molar refractivity (Wildman–Crippen MR) is 120 cm³/mol.